The lowest BCUT2D eigenvalue weighted by molar-refractivity contribution is 1.21. The molecular weight excluding hydrogens is 180 g/mol. The molecule has 15 heavy (non-hydrogen) atoms. The van der Waals surface area contributed by atoms with Gasteiger partial charge in [0.2, 0.25) is 0 Å². The molecule has 1 aromatic rings. The summed E-state index contributed by atoms with van der Waals surface area (Å²) in [4.78, 5) is 0. The molecule has 0 spiro atoms. The van der Waals surface area contributed by atoms with Crippen LogP contribution in [0.2, 0.25) is 0 Å². The maximum absolute atomic E-state index is 3.94. The smallest absolute Gasteiger partial charge is 0.0195 e. The highest BCUT2D eigenvalue weighted by atomic mass is 14.1. The molecule has 1 rings (SSSR count). The Bertz CT molecular complexity index is 394. The van der Waals surface area contributed by atoms with Gasteiger partial charge >= 0.3 is 0 Å². The van der Waals surface area contributed by atoms with Gasteiger partial charge in [0.25, 0.3) is 0 Å². The first-order valence-electron chi connectivity index (χ1n) is 5.48. The van der Waals surface area contributed by atoms with Gasteiger partial charge < -0.3 is 0 Å². The summed E-state index contributed by atoms with van der Waals surface area (Å²) in [6.45, 7) is 12.5. The van der Waals surface area contributed by atoms with E-state index in [4.69, 9.17) is 0 Å². The molecule has 80 valence electrons. The Hall–Kier alpha value is -1.30. The predicted octanol–water partition coefficient (Wildman–Crippen LogP) is 4.67. The zero-order valence-corrected chi connectivity index (χ0v) is 10.2. The standard InChI is InChI=1S/C15H20/c1-6-14(9-11(2)3)15-8-7-12(4)10-13(15)5/h7-10H,2,6H2,1,3-5H3/b14-9-. The minimum absolute atomic E-state index is 1.05. The van der Waals surface area contributed by atoms with Gasteiger partial charge in [-0.05, 0) is 43.9 Å². The average Bonchev–Trinajstić information content (AvgIpc) is 2.14. The Morgan fingerprint density at radius 2 is 2.00 bits per heavy atom. The van der Waals surface area contributed by atoms with E-state index < -0.39 is 0 Å². The van der Waals surface area contributed by atoms with E-state index in [-0.39, 0.29) is 0 Å². The summed E-state index contributed by atoms with van der Waals surface area (Å²) >= 11 is 0. The van der Waals surface area contributed by atoms with E-state index in [1.165, 1.54) is 22.3 Å². The van der Waals surface area contributed by atoms with Gasteiger partial charge in [-0.1, -0.05) is 48.9 Å². The fourth-order valence-electron chi connectivity index (χ4n) is 1.84. The van der Waals surface area contributed by atoms with E-state index in [1.54, 1.807) is 0 Å². The van der Waals surface area contributed by atoms with Crippen LogP contribution in [-0.4, -0.2) is 0 Å². The number of allylic oxidation sites excluding steroid dienone is 3. The van der Waals surface area contributed by atoms with Crippen LogP contribution in [0.3, 0.4) is 0 Å². The third-order valence-electron chi connectivity index (χ3n) is 2.53. The normalized spacial score (nSPS) is 11.6. The Labute approximate surface area is 93.3 Å². The molecule has 0 saturated carbocycles. The highest BCUT2D eigenvalue weighted by Gasteiger charge is 2.02. The lowest BCUT2D eigenvalue weighted by atomic mass is 9.96. The molecule has 0 bridgehead atoms. The van der Waals surface area contributed by atoms with Crippen molar-refractivity contribution in [1.82, 2.24) is 0 Å². The zero-order chi connectivity index (χ0) is 11.4. The van der Waals surface area contributed by atoms with Crippen molar-refractivity contribution in [3.8, 4) is 0 Å². The van der Waals surface area contributed by atoms with E-state index in [0.29, 0.717) is 0 Å². The molecule has 0 aromatic heterocycles. The summed E-state index contributed by atoms with van der Waals surface area (Å²) in [5.74, 6) is 0. The van der Waals surface area contributed by atoms with Gasteiger partial charge in [-0.15, -0.1) is 0 Å². The van der Waals surface area contributed by atoms with E-state index in [1.807, 2.05) is 6.92 Å². The molecular formula is C15H20. The van der Waals surface area contributed by atoms with Crippen molar-refractivity contribution in [2.75, 3.05) is 0 Å². The second-order valence-corrected chi connectivity index (χ2v) is 4.19. The first-order chi connectivity index (χ1) is 7.04. The quantitative estimate of drug-likeness (QED) is 0.622. The Morgan fingerprint density at radius 3 is 2.47 bits per heavy atom. The minimum Gasteiger partial charge on any atom is -0.0961 e. The van der Waals surface area contributed by atoms with Crippen molar-refractivity contribution in [2.24, 2.45) is 0 Å². The van der Waals surface area contributed by atoms with E-state index >= 15 is 0 Å². The number of aryl methyl sites for hydroxylation is 2. The third kappa shape index (κ3) is 3.09. The molecule has 0 fully saturated rings. The molecule has 0 saturated heterocycles. The van der Waals surface area contributed by atoms with E-state index in [0.717, 1.165) is 12.0 Å². The Morgan fingerprint density at radius 1 is 1.33 bits per heavy atom. The predicted molar refractivity (Wildman–Crippen MR) is 69.0 cm³/mol. The van der Waals surface area contributed by atoms with Gasteiger partial charge in [0, 0.05) is 0 Å². The fraction of sp³-hybridized carbons (Fsp3) is 0.333. The Balaban J connectivity index is 3.19. The van der Waals surface area contributed by atoms with Gasteiger partial charge in [0.05, 0.1) is 0 Å². The molecule has 0 N–H and O–H groups in total. The minimum atomic E-state index is 1.05. The molecule has 0 radical (unpaired) electrons. The molecule has 0 unspecified atom stereocenters. The molecule has 0 amide bonds. The summed E-state index contributed by atoms with van der Waals surface area (Å²) in [6, 6.07) is 6.62. The van der Waals surface area contributed by atoms with Crippen molar-refractivity contribution in [3.63, 3.8) is 0 Å². The number of hydrogen-bond acceptors (Lipinski definition) is 0. The maximum atomic E-state index is 3.94. The molecule has 0 aliphatic rings. The highest BCUT2D eigenvalue weighted by molar-refractivity contribution is 5.70. The van der Waals surface area contributed by atoms with Crippen molar-refractivity contribution in [3.05, 3.63) is 53.1 Å². The van der Waals surface area contributed by atoms with Crippen LogP contribution in [0.5, 0.6) is 0 Å². The van der Waals surface area contributed by atoms with Gasteiger partial charge in [0.15, 0.2) is 0 Å². The lowest BCUT2D eigenvalue weighted by Crippen LogP contribution is -1.89. The number of hydrogen-bond donors (Lipinski definition) is 0. The third-order valence-corrected chi connectivity index (χ3v) is 2.53. The first kappa shape index (κ1) is 11.8. The molecule has 0 nitrogen and oxygen atoms in total. The summed E-state index contributed by atoms with van der Waals surface area (Å²) in [7, 11) is 0. The van der Waals surface area contributed by atoms with Gasteiger partial charge in [-0.3, -0.25) is 0 Å². The van der Waals surface area contributed by atoms with Crippen molar-refractivity contribution < 1.29 is 0 Å². The zero-order valence-electron chi connectivity index (χ0n) is 10.2. The number of benzene rings is 1. The largest absolute Gasteiger partial charge is 0.0961 e. The monoisotopic (exact) mass is 200 g/mol. The number of rotatable bonds is 3. The highest BCUT2D eigenvalue weighted by Crippen LogP contribution is 2.23. The van der Waals surface area contributed by atoms with Crippen LogP contribution < -0.4 is 0 Å². The molecule has 0 heterocycles. The fourth-order valence-corrected chi connectivity index (χ4v) is 1.84. The molecule has 0 aliphatic heterocycles. The SMILES string of the molecule is C=C(C)/C=C(/CC)c1ccc(C)cc1C. The molecule has 0 heteroatoms. The van der Waals surface area contributed by atoms with Crippen LogP contribution in [-0.2, 0) is 0 Å². The first-order valence-corrected chi connectivity index (χ1v) is 5.48. The topological polar surface area (TPSA) is 0 Å². The van der Waals surface area contributed by atoms with Crippen molar-refractivity contribution >= 4 is 5.57 Å². The van der Waals surface area contributed by atoms with Gasteiger partial charge in [0.1, 0.15) is 0 Å². The summed E-state index contributed by atoms with van der Waals surface area (Å²) in [5.41, 5.74) is 6.52. The van der Waals surface area contributed by atoms with Crippen LogP contribution in [0.4, 0.5) is 0 Å². The van der Waals surface area contributed by atoms with Crippen LogP contribution in [0.1, 0.15) is 37.0 Å². The van der Waals surface area contributed by atoms with Crippen LogP contribution in [0.25, 0.3) is 5.57 Å². The van der Waals surface area contributed by atoms with Gasteiger partial charge in [-0.25, -0.2) is 0 Å². The van der Waals surface area contributed by atoms with Crippen molar-refractivity contribution in [1.29, 1.82) is 0 Å². The van der Waals surface area contributed by atoms with Crippen molar-refractivity contribution in [2.45, 2.75) is 34.1 Å². The van der Waals surface area contributed by atoms with E-state index in [2.05, 4.69) is 51.6 Å². The maximum Gasteiger partial charge on any atom is -0.0195 e. The van der Waals surface area contributed by atoms with E-state index in [9.17, 15) is 0 Å². The van der Waals surface area contributed by atoms with Crippen LogP contribution in [0.15, 0.2) is 36.4 Å². The average molecular weight is 200 g/mol. The van der Waals surface area contributed by atoms with Crippen LogP contribution in [0, 0.1) is 13.8 Å². The van der Waals surface area contributed by atoms with Crippen LogP contribution >= 0.6 is 0 Å². The lowest BCUT2D eigenvalue weighted by Gasteiger charge is -2.10. The summed E-state index contributed by atoms with van der Waals surface area (Å²) < 4.78 is 0. The Kier molecular flexibility index (Phi) is 3.90. The second-order valence-electron chi connectivity index (χ2n) is 4.19. The summed E-state index contributed by atoms with van der Waals surface area (Å²) in [6.07, 6.45) is 3.23. The van der Waals surface area contributed by atoms with Gasteiger partial charge in [-0.2, -0.15) is 0 Å². The summed E-state index contributed by atoms with van der Waals surface area (Å²) in [5, 5.41) is 0. The second kappa shape index (κ2) is 4.97. The molecule has 1 aromatic carbocycles. The molecule has 0 atom stereocenters. The molecule has 0 aliphatic carbocycles.